The van der Waals surface area contributed by atoms with E-state index in [9.17, 15) is 4.79 Å². The van der Waals surface area contributed by atoms with Crippen LogP contribution in [0.4, 0.5) is 0 Å². The van der Waals surface area contributed by atoms with Crippen molar-refractivity contribution in [2.24, 2.45) is 5.92 Å². The van der Waals surface area contributed by atoms with Gasteiger partial charge >= 0.3 is 0 Å². The molecule has 1 fully saturated rings. The summed E-state index contributed by atoms with van der Waals surface area (Å²) in [5.74, 6) is 1.54. The van der Waals surface area contributed by atoms with Crippen molar-refractivity contribution in [3.63, 3.8) is 0 Å². The molecular formula is C20H33N3O2. The lowest BCUT2D eigenvalue weighted by Gasteiger charge is -2.35. The third kappa shape index (κ3) is 6.33. The summed E-state index contributed by atoms with van der Waals surface area (Å²) in [5.41, 5.74) is 1.14. The molecule has 0 radical (unpaired) electrons. The summed E-state index contributed by atoms with van der Waals surface area (Å²) in [7, 11) is 1.67. The highest BCUT2D eigenvalue weighted by atomic mass is 16.5. The Bertz CT molecular complexity index is 522. The molecule has 0 unspecified atom stereocenters. The van der Waals surface area contributed by atoms with Crippen molar-refractivity contribution in [2.75, 3.05) is 52.9 Å². The molecule has 1 amide bonds. The Morgan fingerprint density at radius 1 is 1.12 bits per heavy atom. The topological polar surface area (TPSA) is 36.0 Å². The second-order valence-electron chi connectivity index (χ2n) is 7.23. The van der Waals surface area contributed by atoms with Crippen molar-refractivity contribution in [1.29, 1.82) is 0 Å². The number of carbonyl (C=O) groups excluding carboxylic acids is 1. The van der Waals surface area contributed by atoms with Crippen LogP contribution in [0.3, 0.4) is 0 Å². The minimum Gasteiger partial charge on any atom is -0.497 e. The molecule has 25 heavy (non-hydrogen) atoms. The molecule has 0 saturated carbocycles. The van der Waals surface area contributed by atoms with Gasteiger partial charge in [-0.1, -0.05) is 32.9 Å². The quantitative estimate of drug-likeness (QED) is 0.723. The Kier molecular flexibility index (Phi) is 7.72. The molecule has 1 heterocycles. The van der Waals surface area contributed by atoms with Gasteiger partial charge in [0.1, 0.15) is 5.75 Å². The molecule has 5 nitrogen and oxygen atoms in total. The normalized spacial score (nSPS) is 16.2. The highest BCUT2D eigenvalue weighted by molar-refractivity contribution is 5.78. The van der Waals surface area contributed by atoms with Gasteiger partial charge in [-0.25, -0.2) is 0 Å². The predicted octanol–water partition coefficient (Wildman–Crippen LogP) is 2.32. The molecule has 0 aromatic heterocycles. The van der Waals surface area contributed by atoms with Crippen LogP contribution >= 0.6 is 0 Å². The minimum absolute atomic E-state index is 0.231. The van der Waals surface area contributed by atoms with Crippen LogP contribution in [0.1, 0.15) is 26.3 Å². The fraction of sp³-hybridized carbons (Fsp3) is 0.650. The third-order valence-electron chi connectivity index (χ3n) is 4.74. The Hall–Kier alpha value is -1.59. The van der Waals surface area contributed by atoms with Gasteiger partial charge in [-0.2, -0.15) is 0 Å². The van der Waals surface area contributed by atoms with Crippen molar-refractivity contribution in [3.05, 3.63) is 29.8 Å². The minimum atomic E-state index is 0.231. The molecular weight excluding hydrogens is 314 g/mol. The third-order valence-corrected chi connectivity index (χ3v) is 4.74. The Morgan fingerprint density at radius 2 is 1.72 bits per heavy atom. The predicted molar refractivity (Wildman–Crippen MR) is 102 cm³/mol. The largest absolute Gasteiger partial charge is 0.497 e. The first kappa shape index (κ1) is 19.7. The lowest BCUT2D eigenvalue weighted by atomic mass is 10.1. The fourth-order valence-electron chi connectivity index (χ4n) is 3.20. The van der Waals surface area contributed by atoms with E-state index >= 15 is 0 Å². The van der Waals surface area contributed by atoms with Crippen LogP contribution < -0.4 is 4.74 Å². The van der Waals surface area contributed by atoms with E-state index in [0.29, 0.717) is 19.0 Å². The van der Waals surface area contributed by atoms with Crippen molar-refractivity contribution < 1.29 is 9.53 Å². The first-order chi connectivity index (χ1) is 12.0. The number of carbonyl (C=O) groups is 1. The summed E-state index contributed by atoms with van der Waals surface area (Å²) >= 11 is 0. The Labute approximate surface area is 152 Å². The van der Waals surface area contributed by atoms with Crippen LogP contribution in [0.2, 0.25) is 0 Å². The molecule has 0 N–H and O–H groups in total. The van der Waals surface area contributed by atoms with E-state index < -0.39 is 0 Å². The average Bonchev–Trinajstić information content (AvgIpc) is 2.62. The number of ether oxygens (including phenoxy) is 1. The second kappa shape index (κ2) is 9.78. The number of piperazine rings is 1. The lowest BCUT2D eigenvalue weighted by molar-refractivity contribution is -0.134. The highest BCUT2D eigenvalue weighted by Gasteiger charge is 2.21. The Morgan fingerprint density at radius 3 is 2.24 bits per heavy atom. The molecule has 2 rings (SSSR count). The molecule has 0 aliphatic carbocycles. The highest BCUT2D eigenvalue weighted by Crippen LogP contribution is 2.14. The van der Waals surface area contributed by atoms with E-state index in [-0.39, 0.29) is 5.91 Å². The molecule has 0 atom stereocenters. The van der Waals surface area contributed by atoms with E-state index in [1.807, 2.05) is 29.2 Å². The van der Waals surface area contributed by atoms with Gasteiger partial charge < -0.3 is 14.5 Å². The maximum absolute atomic E-state index is 12.9. The molecule has 1 aliphatic heterocycles. The van der Waals surface area contributed by atoms with Crippen LogP contribution in [0, 0.1) is 5.92 Å². The molecule has 140 valence electrons. The smallest absolute Gasteiger partial charge is 0.237 e. The standard InChI is InChI=1S/C20H33N3O2/c1-5-21-10-12-22(13-11-21)16-20(24)23(14-17(2)3)15-18-6-8-19(25-4)9-7-18/h6-9,17H,5,10-16H2,1-4H3. The van der Waals surface area contributed by atoms with Crippen LogP contribution in [-0.2, 0) is 11.3 Å². The molecule has 0 bridgehead atoms. The van der Waals surface area contributed by atoms with Crippen LogP contribution in [0.25, 0.3) is 0 Å². The molecule has 1 aromatic rings. The number of benzene rings is 1. The zero-order valence-electron chi connectivity index (χ0n) is 16.2. The summed E-state index contributed by atoms with van der Waals surface area (Å²) in [6, 6.07) is 7.99. The van der Waals surface area contributed by atoms with Crippen molar-refractivity contribution >= 4 is 5.91 Å². The summed E-state index contributed by atoms with van der Waals surface area (Å²) < 4.78 is 5.21. The van der Waals surface area contributed by atoms with E-state index in [1.165, 1.54) is 0 Å². The van der Waals surface area contributed by atoms with E-state index in [2.05, 4.69) is 30.6 Å². The van der Waals surface area contributed by atoms with Gasteiger partial charge in [0.2, 0.25) is 5.91 Å². The monoisotopic (exact) mass is 347 g/mol. The van der Waals surface area contributed by atoms with Gasteiger partial charge in [-0.05, 0) is 30.2 Å². The number of nitrogens with zero attached hydrogens (tertiary/aromatic N) is 3. The van der Waals surface area contributed by atoms with Gasteiger partial charge in [-0.3, -0.25) is 9.69 Å². The van der Waals surface area contributed by atoms with Gasteiger partial charge in [0.25, 0.3) is 0 Å². The molecule has 0 spiro atoms. The number of likely N-dealkylation sites (N-methyl/N-ethyl adjacent to an activating group) is 1. The number of rotatable bonds is 8. The van der Waals surface area contributed by atoms with Crippen molar-refractivity contribution in [3.8, 4) is 5.75 Å². The van der Waals surface area contributed by atoms with Gasteiger partial charge in [0.15, 0.2) is 0 Å². The first-order valence-corrected chi connectivity index (χ1v) is 9.37. The van der Waals surface area contributed by atoms with Crippen LogP contribution in [0.5, 0.6) is 5.75 Å². The van der Waals surface area contributed by atoms with Gasteiger partial charge in [0, 0.05) is 39.3 Å². The zero-order chi connectivity index (χ0) is 18.2. The lowest BCUT2D eigenvalue weighted by Crippen LogP contribution is -2.50. The van der Waals surface area contributed by atoms with E-state index in [0.717, 1.165) is 50.6 Å². The Balaban J connectivity index is 1.94. The fourth-order valence-corrected chi connectivity index (χ4v) is 3.20. The maximum Gasteiger partial charge on any atom is 0.237 e. The van der Waals surface area contributed by atoms with Gasteiger partial charge in [0.05, 0.1) is 13.7 Å². The van der Waals surface area contributed by atoms with Crippen molar-refractivity contribution in [2.45, 2.75) is 27.3 Å². The summed E-state index contributed by atoms with van der Waals surface area (Å²) in [5, 5.41) is 0. The number of amides is 1. The number of hydrogen-bond donors (Lipinski definition) is 0. The summed E-state index contributed by atoms with van der Waals surface area (Å²) in [6.07, 6.45) is 0. The molecule has 1 aromatic carbocycles. The van der Waals surface area contributed by atoms with E-state index in [4.69, 9.17) is 4.74 Å². The zero-order valence-corrected chi connectivity index (χ0v) is 16.2. The van der Waals surface area contributed by atoms with E-state index in [1.54, 1.807) is 7.11 Å². The average molecular weight is 348 g/mol. The molecule has 1 saturated heterocycles. The number of hydrogen-bond acceptors (Lipinski definition) is 4. The summed E-state index contributed by atoms with van der Waals surface area (Å²) in [6.45, 7) is 13.7. The first-order valence-electron chi connectivity index (χ1n) is 9.37. The molecule has 5 heteroatoms. The van der Waals surface area contributed by atoms with Crippen LogP contribution in [0.15, 0.2) is 24.3 Å². The second-order valence-corrected chi connectivity index (χ2v) is 7.23. The maximum atomic E-state index is 12.9. The molecule has 1 aliphatic rings. The SMILES string of the molecule is CCN1CCN(CC(=O)N(Cc2ccc(OC)cc2)CC(C)C)CC1. The number of methoxy groups -OCH3 is 1. The van der Waals surface area contributed by atoms with Gasteiger partial charge in [-0.15, -0.1) is 0 Å². The van der Waals surface area contributed by atoms with Crippen molar-refractivity contribution in [1.82, 2.24) is 14.7 Å². The summed E-state index contributed by atoms with van der Waals surface area (Å²) in [4.78, 5) is 19.6. The van der Waals surface area contributed by atoms with Crippen LogP contribution in [-0.4, -0.2) is 73.5 Å².